The van der Waals surface area contributed by atoms with Gasteiger partial charge in [0.1, 0.15) is 0 Å². The summed E-state index contributed by atoms with van der Waals surface area (Å²) in [7, 11) is 0. The Bertz CT molecular complexity index is 1110. The second-order valence-corrected chi connectivity index (χ2v) is 10.1. The van der Waals surface area contributed by atoms with Gasteiger partial charge in [0.15, 0.2) is 11.5 Å². The lowest BCUT2D eigenvalue weighted by atomic mass is 9.85. The molecule has 6 nitrogen and oxygen atoms in total. The van der Waals surface area contributed by atoms with Gasteiger partial charge in [-0.15, -0.1) is 0 Å². The zero-order chi connectivity index (χ0) is 25.0. The summed E-state index contributed by atoms with van der Waals surface area (Å²) in [6.07, 6.45) is 3.15. The Balaban J connectivity index is 1.64. The lowest BCUT2D eigenvalue weighted by molar-refractivity contribution is -0.129. The largest absolute Gasteiger partial charge is 0.503 e. The van der Waals surface area contributed by atoms with Gasteiger partial charge >= 0.3 is 0 Å². The summed E-state index contributed by atoms with van der Waals surface area (Å²) in [6.45, 7) is 10.4. The molecule has 2 heterocycles. The molecule has 35 heavy (non-hydrogen) atoms. The molecular formula is C29H34N2O4. The molecule has 6 heteroatoms. The maximum Gasteiger partial charge on any atom is 0.290 e. The molecule has 1 saturated heterocycles. The molecule has 2 aliphatic heterocycles. The summed E-state index contributed by atoms with van der Waals surface area (Å²) >= 11 is 0. The van der Waals surface area contributed by atoms with E-state index in [-0.39, 0.29) is 16.8 Å². The van der Waals surface area contributed by atoms with Crippen molar-refractivity contribution in [3.63, 3.8) is 0 Å². The fraction of sp³-hybridized carbons (Fsp3) is 0.379. The first-order chi connectivity index (χ1) is 16.8. The summed E-state index contributed by atoms with van der Waals surface area (Å²) in [5.41, 5.74) is 2.97. The van der Waals surface area contributed by atoms with Crippen molar-refractivity contribution >= 4 is 17.8 Å². The van der Waals surface area contributed by atoms with Gasteiger partial charge < -0.3 is 14.7 Å². The first kappa shape index (κ1) is 24.9. The SMILES string of the molecule is CC(C)(C)c1ccc(C2C(C(=O)/C=C/c3ccccc3)=C(O)C(=O)N2CCN2CCOCC2)cc1. The molecule has 0 aliphatic carbocycles. The molecule has 0 radical (unpaired) electrons. The van der Waals surface area contributed by atoms with E-state index in [0.29, 0.717) is 26.3 Å². The second-order valence-electron chi connectivity index (χ2n) is 10.1. The fourth-order valence-electron chi connectivity index (χ4n) is 4.55. The van der Waals surface area contributed by atoms with Crippen LogP contribution in [0.2, 0.25) is 0 Å². The first-order valence-corrected chi connectivity index (χ1v) is 12.2. The Labute approximate surface area is 207 Å². The molecule has 2 aromatic rings. The number of hydrogen-bond donors (Lipinski definition) is 1. The van der Waals surface area contributed by atoms with E-state index in [2.05, 4.69) is 25.7 Å². The molecule has 0 saturated carbocycles. The minimum absolute atomic E-state index is 0.0188. The van der Waals surface area contributed by atoms with Crippen LogP contribution in [0.3, 0.4) is 0 Å². The number of nitrogens with zero attached hydrogens (tertiary/aromatic N) is 2. The Morgan fingerprint density at radius 1 is 1.03 bits per heavy atom. The van der Waals surface area contributed by atoms with E-state index in [1.807, 2.05) is 54.6 Å². The summed E-state index contributed by atoms with van der Waals surface area (Å²) < 4.78 is 5.43. The fourth-order valence-corrected chi connectivity index (χ4v) is 4.55. The van der Waals surface area contributed by atoms with Gasteiger partial charge in [0, 0.05) is 26.2 Å². The number of aliphatic hydroxyl groups excluding tert-OH is 1. The Hall–Kier alpha value is -3.22. The van der Waals surface area contributed by atoms with E-state index in [9.17, 15) is 14.7 Å². The van der Waals surface area contributed by atoms with Crippen molar-refractivity contribution in [2.45, 2.75) is 32.2 Å². The number of benzene rings is 2. The zero-order valence-electron chi connectivity index (χ0n) is 20.7. The van der Waals surface area contributed by atoms with E-state index < -0.39 is 17.7 Å². The smallest absolute Gasteiger partial charge is 0.290 e. The van der Waals surface area contributed by atoms with E-state index in [1.165, 1.54) is 6.08 Å². The minimum Gasteiger partial charge on any atom is -0.503 e. The van der Waals surface area contributed by atoms with Crippen LogP contribution < -0.4 is 0 Å². The van der Waals surface area contributed by atoms with Crippen molar-refractivity contribution < 1.29 is 19.4 Å². The number of allylic oxidation sites excluding steroid dienone is 1. The van der Waals surface area contributed by atoms with Crippen LogP contribution >= 0.6 is 0 Å². The molecule has 4 rings (SSSR count). The van der Waals surface area contributed by atoms with Crippen molar-refractivity contribution in [1.82, 2.24) is 9.80 Å². The topological polar surface area (TPSA) is 70.1 Å². The highest BCUT2D eigenvalue weighted by atomic mass is 16.5. The molecule has 2 aliphatic rings. The van der Waals surface area contributed by atoms with Gasteiger partial charge in [0.2, 0.25) is 0 Å². The van der Waals surface area contributed by atoms with Gasteiger partial charge in [0.25, 0.3) is 5.91 Å². The summed E-state index contributed by atoms with van der Waals surface area (Å²) in [5.74, 6) is -1.32. The van der Waals surface area contributed by atoms with Crippen LogP contribution in [0.5, 0.6) is 0 Å². The van der Waals surface area contributed by atoms with Crippen LogP contribution in [0.1, 0.15) is 43.5 Å². The van der Waals surface area contributed by atoms with Crippen LogP contribution in [-0.4, -0.2) is 66.0 Å². The van der Waals surface area contributed by atoms with Gasteiger partial charge in [-0.1, -0.05) is 81.4 Å². The Kier molecular flexibility index (Phi) is 7.53. The number of ketones is 1. The highest BCUT2D eigenvalue weighted by Gasteiger charge is 2.42. The third kappa shape index (κ3) is 5.72. The molecule has 184 valence electrons. The number of carbonyl (C=O) groups is 2. The van der Waals surface area contributed by atoms with Crippen LogP contribution in [0.25, 0.3) is 6.08 Å². The number of hydrogen-bond acceptors (Lipinski definition) is 5. The number of amides is 1. The lowest BCUT2D eigenvalue weighted by Crippen LogP contribution is -2.43. The van der Waals surface area contributed by atoms with Gasteiger partial charge in [-0.25, -0.2) is 0 Å². The van der Waals surface area contributed by atoms with Gasteiger partial charge in [-0.3, -0.25) is 14.5 Å². The molecule has 1 N–H and O–H groups in total. The summed E-state index contributed by atoms with van der Waals surface area (Å²) in [6, 6.07) is 16.9. The van der Waals surface area contributed by atoms with Gasteiger partial charge in [-0.2, -0.15) is 0 Å². The second kappa shape index (κ2) is 10.6. The van der Waals surface area contributed by atoms with Crippen LogP contribution in [0, 0.1) is 0 Å². The number of carbonyl (C=O) groups excluding carboxylic acids is 2. The normalized spacial score (nSPS) is 19.7. The predicted molar refractivity (Wildman–Crippen MR) is 137 cm³/mol. The Morgan fingerprint density at radius 2 is 1.69 bits per heavy atom. The number of aliphatic hydroxyl groups is 1. The predicted octanol–water partition coefficient (Wildman–Crippen LogP) is 4.29. The monoisotopic (exact) mass is 474 g/mol. The van der Waals surface area contributed by atoms with E-state index in [4.69, 9.17) is 4.74 Å². The maximum absolute atomic E-state index is 13.3. The average Bonchev–Trinajstić information content (AvgIpc) is 3.12. The van der Waals surface area contributed by atoms with Crippen LogP contribution in [0.4, 0.5) is 0 Å². The third-order valence-electron chi connectivity index (χ3n) is 6.65. The minimum atomic E-state index is -0.634. The van der Waals surface area contributed by atoms with Crippen LogP contribution in [0.15, 0.2) is 72.0 Å². The van der Waals surface area contributed by atoms with Gasteiger partial charge in [0.05, 0.1) is 24.8 Å². The number of rotatable bonds is 7. The molecular weight excluding hydrogens is 440 g/mol. The van der Waals surface area contributed by atoms with E-state index in [1.54, 1.807) is 11.0 Å². The first-order valence-electron chi connectivity index (χ1n) is 12.2. The number of morpholine rings is 1. The van der Waals surface area contributed by atoms with E-state index in [0.717, 1.165) is 29.8 Å². The molecule has 0 spiro atoms. The molecule has 0 bridgehead atoms. The summed E-state index contributed by atoms with van der Waals surface area (Å²) in [4.78, 5) is 30.4. The van der Waals surface area contributed by atoms with E-state index >= 15 is 0 Å². The van der Waals surface area contributed by atoms with Crippen molar-refractivity contribution in [2.75, 3.05) is 39.4 Å². The van der Waals surface area contributed by atoms with Crippen molar-refractivity contribution in [1.29, 1.82) is 0 Å². The molecule has 0 aromatic heterocycles. The summed E-state index contributed by atoms with van der Waals surface area (Å²) in [5, 5.41) is 10.8. The number of ether oxygens (including phenoxy) is 1. The molecule has 1 unspecified atom stereocenters. The van der Waals surface area contributed by atoms with Crippen molar-refractivity contribution in [3.05, 3.63) is 88.7 Å². The third-order valence-corrected chi connectivity index (χ3v) is 6.65. The average molecular weight is 475 g/mol. The maximum atomic E-state index is 13.3. The lowest BCUT2D eigenvalue weighted by Gasteiger charge is -2.32. The van der Waals surface area contributed by atoms with Crippen molar-refractivity contribution in [2.24, 2.45) is 0 Å². The highest BCUT2D eigenvalue weighted by Crippen LogP contribution is 2.38. The highest BCUT2D eigenvalue weighted by molar-refractivity contribution is 6.14. The molecule has 1 amide bonds. The zero-order valence-corrected chi connectivity index (χ0v) is 20.7. The quantitative estimate of drug-likeness (QED) is 0.606. The van der Waals surface area contributed by atoms with Crippen LogP contribution in [-0.2, 0) is 19.7 Å². The van der Waals surface area contributed by atoms with Crippen molar-refractivity contribution in [3.8, 4) is 0 Å². The van der Waals surface area contributed by atoms with Gasteiger partial charge in [-0.05, 0) is 28.2 Å². The molecule has 2 aromatic carbocycles. The Morgan fingerprint density at radius 3 is 2.31 bits per heavy atom. The molecule has 1 fully saturated rings. The standard InChI is InChI=1S/C29H34N2O4/c1-29(2,3)23-12-10-22(11-13-23)26-25(24(32)14-9-21-7-5-4-6-8-21)27(33)28(34)31(26)16-15-30-17-19-35-20-18-30/h4-14,26,33H,15-20H2,1-3H3/b14-9+. The molecule has 1 atom stereocenters.